The van der Waals surface area contributed by atoms with E-state index < -0.39 is 5.97 Å². The molecule has 26 heavy (non-hydrogen) atoms. The lowest BCUT2D eigenvalue weighted by atomic mass is 10.1. The van der Waals surface area contributed by atoms with E-state index in [4.69, 9.17) is 21.7 Å². The zero-order valence-corrected chi connectivity index (χ0v) is 15.9. The molecule has 0 amide bonds. The molecule has 136 valence electrons. The van der Waals surface area contributed by atoms with Crippen LogP contribution in [0.1, 0.15) is 23.6 Å². The number of nitrogens with zero attached hydrogens (tertiary/aromatic N) is 1. The number of aryl methyl sites for hydroxylation is 1. The highest BCUT2D eigenvalue weighted by molar-refractivity contribution is 7.80. The van der Waals surface area contributed by atoms with Crippen molar-refractivity contribution in [3.63, 3.8) is 0 Å². The van der Waals surface area contributed by atoms with Crippen molar-refractivity contribution in [2.75, 3.05) is 12.4 Å². The molecule has 0 saturated heterocycles. The van der Waals surface area contributed by atoms with Crippen molar-refractivity contribution >= 4 is 35.2 Å². The van der Waals surface area contributed by atoms with E-state index in [1.54, 1.807) is 24.4 Å². The number of anilines is 1. The SMILES string of the molecule is COc1cc(/C=N\NC(=S)Nc2cccc(C)c2C)ccc1OC(C)=O. The molecule has 0 aromatic heterocycles. The lowest BCUT2D eigenvalue weighted by Gasteiger charge is -2.11. The summed E-state index contributed by atoms with van der Waals surface area (Å²) in [6.45, 7) is 5.41. The largest absolute Gasteiger partial charge is 0.493 e. The summed E-state index contributed by atoms with van der Waals surface area (Å²) < 4.78 is 10.3. The predicted octanol–water partition coefficient (Wildman–Crippen LogP) is 3.56. The van der Waals surface area contributed by atoms with E-state index in [0.29, 0.717) is 16.6 Å². The first-order valence-electron chi connectivity index (χ1n) is 7.93. The fraction of sp³-hybridized carbons (Fsp3) is 0.211. The van der Waals surface area contributed by atoms with E-state index in [0.717, 1.165) is 16.8 Å². The van der Waals surface area contributed by atoms with E-state index in [1.807, 2.05) is 32.0 Å². The Bertz CT molecular complexity index is 850. The third-order valence-electron chi connectivity index (χ3n) is 3.67. The minimum Gasteiger partial charge on any atom is -0.493 e. The molecule has 0 spiro atoms. The van der Waals surface area contributed by atoms with Gasteiger partial charge in [0.05, 0.1) is 13.3 Å². The average Bonchev–Trinajstić information content (AvgIpc) is 2.59. The van der Waals surface area contributed by atoms with Crippen LogP contribution in [0.15, 0.2) is 41.5 Å². The molecule has 0 atom stereocenters. The van der Waals surface area contributed by atoms with Crippen LogP contribution in [0.3, 0.4) is 0 Å². The molecule has 2 N–H and O–H groups in total. The molecule has 2 aromatic rings. The van der Waals surface area contributed by atoms with Crippen LogP contribution in [-0.2, 0) is 4.79 Å². The van der Waals surface area contributed by atoms with Crippen LogP contribution in [-0.4, -0.2) is 24.4 Å². The Labute approximate surface area is 158 Å². The fourth-order valence-corrected chi connectivity index (χ4v) is 2.37. The summed E-state index contributed by atoms with van der Waals surface area (Å²) in [6, 6.07) is 11.1. The van der Waals surface area contributed by atoms with Gasteiger partial charge in [0.15, 0.2) is 16.6 Å². The molecule has 0 bridgehead atoms. The lowest BCUT2D eigenvalue weighted by Crippen LogP contribution is -2.24. The molecule has 0 fully saturated rings. The minimum atomic E-state index is -0.408. The van der Waals surface area contributed by atoms with Gasteiger partial charge < -0.3 is 14.8 Å². The standard InChI is InChI=1S/C19H21N3O3S/c1-12-6-5-7-16(13(12)2)21-19(26)22-20-11-15-8-9-17(25-14(3)23)18(10-15)24-4/h5-11H,1-4H3,(H2,21,22,26)/b20-11-. The van der Waals surface area contributed by atoms with E-state index in [-0.39, 0.29) is 0 Å². The minimum absolute atomic E-state index is 0.359. The number of methoxy groups -OCH3 is 1. The number of thiocarbonyl (C=S) groups is 1. The first-order chi connectivity index (χ1) is 12.4. The summed E-state index contributed by atoms with van der Waals surface area (Å²) in [4.78, 5) is 11.1. The molecule has 0 unspecified atom stereocenters. The van der Waals surface area contributed by atoms with Crippen molar-refractivity contribution in [2.24, 2.45) is 5.10 Å². The number of nitrogens with one attached hydrogen (secondary N) is 2. The third kappa shape index (κ3) is 5.29. The predicted molar refractivity (Wildman–Crippen MR) is 107 cm³/mol. The quantitative estimate of drug-likeness (QED) is 0.275. The number of hydrogen-bond acceptors (Lipinski definition) is 5. The normalized spacial score (nSPS) is 10.5. The van der Waals surface area contributed by atoms with Crippen molar-refractivity contribution in [1.29, 1.82) is 0 Å². The zero-order chi connectivity index (χ0) is 19.1. The summed E-state index contributed by atoms with van der Waals surface area (Å²) in [5.41, 5.74) is 6.79. The number of esters is 1. The maximum absolute atomic E-state index is 11.1. The molecule has 7 heteroatoms. The molecule has 0 aliphatic heterocycles. The smallest absolute Gasteiger partial charge is 0.308 e. The van der Waals surface area contributed by atoms with Crippen LogP contribution in [0.5, 0.6) is 11.5 Å². The molecule has 0 saturated carbocycles. The van der Waals surface area contributed by atoms with Gasteiger partial charge in [-0.05, 0) is 67.0 Å². The Morgan fingerprint density at radius 3 is 2.65 bits per heavy atom. The van der Waals surface area contributed by atoms with Gasteiger partial charge in [-0.3, -0.25) is 10.2 Å². The van der Waals surface area contributed by atoms with E-state index in [9.17, 15) is 4.79 Å². The molecule has 6 nitrogen and oxygen atoms in total. The number of hydrazone groups is 1. The summed E-state index contributed by atoms with van der Waals surface area (Å²) in [6.07, 6.45) is 1.59. The summed E-state index contributed by atoms with van der Waals surface area (Å²) >= 11 is 5.25. The Balaban J connectivity index is 2.00. The number of hydrogen-bond donors (Lipinski definition) is 2. The van der Waals surface area contributed by atoms with E-state index in [2.05, 4.69) is 15.8 Å². The monoisotopic (exact) mass is 371 g/mol. The van der Waals surface area contributed by atoms with Gasteiger partial charge in [0.2, 0.25) is 0 Å². The molecule has 0 heterocycles. The second-order valence-corrected chi connectivity index (χ2v) is 5.98. The van der Waals surface area contributed by atoms with Crippen LogP contribution >= 0.6 is 12.2 Å². The van der Waals surface area contributed by atoms with Crippen LogP contribution in [0, 0.1) is 13.8 Å². The van der Waals surface area contributed by atoms with E-state index in [1.165, 1.54) is 19.6 Å². The van der Waals surface area contributed by atoms with Crippen molar-refractivity contribution in [3.05, 3.63) is 53.1 Å². The van der Waals surface area contributed by atoms with Crippen LogP contribution in [0.25, 0.3) is 0 Å². The van der Waals surface area contributed by atoms with Gasteiger partial charge in [-0.1, -0.05) is 12.1 Å². The first kappa shape index (κ1) is 19.4. The van der Waals surface area contributed by atoms with Crippen molar-refractivity contribution < 1.29 is 14.3 Å². The highest BCUT2D eigenvalue weighted by Gasteiger charge is 2.07. The summed E-state index contributed by atoms with van der Waals surface area (Å²) in [5.74, 6) is 0.395. The van der Waals surface area contributed by atoms with Gasteiger partial charge in [-0.25, -0.2) is 0 Å². The van der Waals surface area contributed by atoms with Crippen LogP contribution in [0.2, 0.25) is 0 Å². The van der Waals surface area contributed by atoms with Crippen molar-refractivity contribution in [1.82, 2.24) is 5.43 Å². The number of rotatable bonds is 5. The van der Waals surface area contributed by atoms with Gasteiger partial charge in [-0.15, -0.1) is 0 Å². The number of benzene rings is 2. The number of ether oxygens (including phenoxy) is 2. The highest BCUT2D eigenvalue weighted by Crippen LogP contribution is 2.27. The Morgan fingerprint density at radius 2 is 1.96 bits per heavy atom. The van der Waals surface area contributed by atoms with Gasteiger partial charge >= 0.3 is 5.97 Å². The van der Waals surface area contributed by atoms with Crippen molar-refractivity contribution in [3.8, 4) is 11.5 Å². The van der Waals surface area contributed by atoms with Crippen LogP contribution in [0.4, 0.5) is 5.69 Å². The fourth-order valence-electron chi connectivity index (χ4n) is 2.21. The Hall–Kier alpha value is -2.93. The third-order valence-corrected chi connectivity index (χ3v) is 3.87. The molecule has 0 aliphatic rings. The maximum Gasteiger partial charge on any atom is 0.308 e. The van der Waals surface area contributed by atoms with Gasteiger partial charge in [0, 0.05) is 12.6 Å². The molecule has 2 aromatic carbocycles. The topological polar surface area (TPSA) is 71.9 Å². The molecular formula is C19H21N3O3S. The van der Waals surface area contributed by atoms with Gasteiger partial charge in [-0.2, -0.15) is 5.10 Å². The first-order valence-corrected chi connectivity index (χ1v) is 8.34. The van der Waals surface area contributed by atoms with E-state index >= 15 is 0 Å². The maximum atomic E-state index is 11.1. The molecule has 2 rings (SSSR count). The Morgan fingerprint density at radius 1 is 1.19 bits per heavy atom. The number of carbonyl (C=O) groups excluding carboxylic acids is 1. The molecule has 0 aliphatic carbocycles. The second kappa shape index (κ2) is 8.96. The van der Waals surface area contributed by atoms with Gasteiger partial charge in [0.1, 0.15) is 0 Å². The van der Waals surface area contributed by atoms with Crippen LogP contribution < -0.4 is 20.2 Å². The lowest BCUT2D eigenvalue weighted by molar-refractivity contribution is -0.132. The molecule has 0 radical (unpaired) electrons. The van der Waals surface area contributed by atoms with Gasteiger partial charge in [0.25, 0.3) is 0 Å². The zero-order valence-electron chi connectivity index (χ0n) is 15.1. The second-order valence-electron chi connectivity index (χ2n) is 5.58. The molecular weight excluding hydrogens is 350 g/mol. The Kier molecular flexibility index (Phi) is 6.68. The number of carbonyl (C=O) groups is 1. The highest BCUT2D eigenvalue weighted by atomic mass is 32.1. The summed E-state index contributed by atoms with van der Waals surface area (Å²) in [7, 11) is 1.50. The van der Waals surface area contributed by atoms with Crippen molar-refractivity contribution in [2.45, 2.75) is 20.8 Å². The average molecular weight is 371 g/mol. The summed E-state index contributed by atoms with van der Waals surface area (Å²) in [5, 5.41) is 7.62.